The number of para-hydroxylation sites is 2. The second-order valence-corrected chi connectivity index (χ2v) is 22.6. The molecule has 0 atom stereocenters. The van der Waals surface area contributed by atoms with E-state index >= 15 is 0 Å². The predicted molar refractivity (Wildman–Crippen MR) is 249 cm³/mol. The molecule has 9 aromatic rings. The summed E-state index contributed by atoms with van der Waals surface area (Å²) in [5.74, 6) is 0.690. The molecule has 9 rings (SSSR count). The Morgan fingerprint density at radius 1 is 0.783 bits per heavy atom. The Labute approximate surface area is 372 Å². The first kappa shape index (κ1) is 40.0. The van der Waals surface area contributed by atoms with Crippen molar-refractivity contribution in [2.45, 2.75) is 73.0 Å². The summed E-state index contributed by atoms with van der Waals surface area (Å²) in [6.45, 7) is 19.2. The van der Waals surface area contributed by atoms with Crippen LogP contribution in [0, 0.1) is 25.0 Å². The van der Waals surface area contributed by atoms with Gasteiger partial charge in [-0.1, -0.05) is 131 Å². The molecule has 0 N–H and O–H groups in total. The van der Waals surface area contributed by atoms with E-state index in [0.717, 1.165) is 77.7 Å². The van der Waals surface area contributed by atoms with Gasteiger partial charge >= 0.3 is 0 Å². The van der Waals surface area contributed by atoms with Gasteiger partial charge in [0.15, 0.2) is 0 Å². The Morgan fingerprint density at radius 2 is 1.52 bits per heavy atom. The van der Waals surface area contributed by atoms with Crippen molar-refractivity contribution < 1.29 is 27.3 Å². The van der Waals surface area contributed by atoms with Crippen molar-refractivity contribution in [2.75, 3.05) is 0 Å². The molecule has 0 aliphatic rings. The van der Waals surface area contributed by atoms with E-state index in [2.05, 4.69) is 135 Å². The first-order valence-electron chi connectivity index (χ1n) is 21.4. The molecule has 0 saturated carbocycles. The Morgan fingerprint density at radius 3 is 2.27 bits per heavy atom. The topological polar surface area (TPSA) is 56.7 Å². The average Bonchev–Trinajstić information content (AvgIpc) is 3.82. The maximum atomic E-state index is 8.69. The summed E-state index contributed by atoms with van der Waals surface area (Å²) in [6.07, 6.45) is 0.531. The molecule has 0 aliphatic heterocycles. The molecule has 0 saturated heterocycles. The van der Waals surface area contributed by atoms with Crippen molar-refractivity contribution in [3.8, 4) is 39.5 Å². The summed E-state index contributed by atoms with van der Waals surface area (Å²) in [7, 11) is -1.71. The van der Waals surface area contributed by atoms with Gasteiger partial charge in [0.2, 0.25) is 5.71 Å². The van der Waals surface area contributed by atoms with Crippen LogP contribution in [0.1, 0.15) is 54.2 Å². The zero-order valence-corrected chi connectivity index (χ0v) is 39.2. The second-order valence-electron chi connectivity index (χ2n) is 17.6. The van der Waals surface area contributed by atoms with Crippen LogP contribution in [-0.4, -0.2) is 27.6 Å². The van der Waals surface area contributed by atoms with Gasteiger partial charge in [0.1, 0.15) is 0 Å². The minimum atomic E-state index is -1.71. The molecule has 5 nitrogen and oxygen atoms in total. The number of hydrogen-bond acceptors (Lipinski definition) is 4. The van der Waals surface area contributed by atoms with Crippen molar-refractivity contribution in [1.82, 2.24) is 19.5 Å². The zero-order valence-electron chi connectivity index (χ0n) is 37.8. The third kappa shape index (κ3) is 8.85. The maximum absolute atomic E-state index is 8.69. The first-order chi connectivity index (χ1) is 29.0. The molecule has 0 unspecified atom stereocenters. The van der Waals surface area contributed by atoms with E-state index in [1.165, 1.54) is 11.1 Å². The Hall–Kier alpha value is -5.46. The van der Waals surface area contributed by atoms with Crippen molar-refractivity contribution in [2.24, 2.45) is 5.92 Å². The Balaban J connectivity index is 0.000000193. The second kappa shape index (κ2) is 17.3. The van der Waals surface area contributed by atoms with Crippen molar-refractivity contribution in [3.63, 3.8) is 0 Å². The maximum Gasteiger partial charge on any atom is 0.216 e. The minimum absolute atomic E-state index is 0. The summed E-state index contributed by atoms with van der Waals surface area (Å²) in [4.78, 5) is 14.4. The molecule has 5 aromatic carbocycles. The van der Waals surface area contributed by atoms with Gasteiger partial charge in [-0.3, -0.25) is 4.98 Å². The van der Waals surface area contributed by atoms with Crippen LogP contribution in [0.25, 0.3) is 72.6 Å². The Bertz CT molecular complexity index is 3030. The molecule has 0 spiro atoms. The number of furan rings is 1. The number of rotatable bonds is 7. The molecular formula is C53H52IrN4OSi-2. The van der Waals surface area contributed by atoms with E-state index in [0.29, 0.717) is 5.71 Å². The van der Waals surface area contributed by atoms with Crippen molar-refractivity contribution in [3.05, 3.63) is 163 Å². The largest absolute Gasteiger partial charge is 0.486 e. The van der Waals surface area contributed by atoms with Crippen LogP contribution in [0.15, 0.2) is 138 Å². The average molecular weight is 983 g/mol. The van der Waals surface area contributed by atoms with E-state index in [1.54, 1.807) is 0 Å². The summed E-state index contributed by atoms with van der Waals surface area (Å²) >= 11 is 0. The quantitative estimate of drug-likeness (QED) is 0.118. The fourth-order valence-electron chi connectivity index (χ4n) is 7.50. The summed E-state index contributed by atoms with van der Waals surface area (Å²) < 4.78 is 25.9. The first-order valence-corrected chi connectivity index (χ1v) is 23.9. The summed E-state index contributed by atoms with van der Waals surface area (Å²) in [6, 6.07) is 50.1. The van der Waals surface area contributed by atoms with Gasteiger partial charge in [0.05, 0.1) is 30.5 Å². The van der Waals surface area contributed by atoms with Crippen LogP contribution in [-0.2, 0) is 31.9 Å². The molecule has 4 aromatic heterocycles. The van der Waals surface area contributed by atoms with E-state index in [1.807, 2.05) is 81.6 Å². The number of imidazole rings is 1. The summed E-state index contributed by atoms with van der Waals surface area (Å²) in [5.41, 5.74) is 12.2. The molecule has 7 heteroatoms. The van der Waals surface area contributed by atoms with Gasteiger partial charge in [-0.05, 0) is 83.0 Å². The summed E-state index contributed by atoms with van der Waals surface area (Å²) in [5, 5.41) is 3.11. The number of fused-ring (bicyclic) bond motifs is 4. The van der Waals surface area contributed by atoms with E-state index in [4.69, 9.17) is 17.1 Å². The monoisotopic (exact) mass is 983 g/mol. The van der Waals surface area contributed by atoms with Gasteiger partial charge in [0, 0.05) is 45.8 Å². The fraction of sp³-hybridized carbons (Fsp3) is 0.226. The van der Waals surface area contributed by atoms with E-state index < -0.39 is 14.4 Å². The zero-order chi connectivity index (χ0) is 43.3. The smallest absolute Gasteiger partial charge is 0.216 e. The molecule has 4 heterocycles. The number of nitrogens with zero attached hydrogens (tertiary/aromatic N) is 4. The third-order valence-electron chi connectivity index (χ3n) is 10.5. The SMILES string of the molecule is Cc1ccc2c(n1)oc1c(-c3nc4ccccc4n3-c3cccc(-c4ccccc4)c3)[c-]ccc12.[2H]C([2H])(c1cc(-c2[c-]ccc(C(C)(C)C)c2)ncc1[Si](C)(C)C)C(C)C.[Ir]. The van der Waals surface area contributed by atoms with Crippen molar-refractivity contribution >= 4 is 46.4 Å². The molecule has 0 amide bonds. The van der Waals surface area contributed by atoms with Gasteiger partial charge in [-0.2, -0.15) is 0 Å². The number of benzene rings is 5. The Kier molecular flexibility index (Phi) is 11.5. The van der Waals surface area contributed by atoms with Crippen molar-refractivity contribution in [1.29, 1.82) is 0 Å². The van der Waals surface area contributed by atoms with E-state index in [9.17, 15) is 0 Å². The van der Waals surface area contributed by atoms with E-state index in [-0.39, 0.29) is 31.4 Å². The van der Waals surface area contributed by atoms with Crippen LogP contribution < -0.4 is 5.19 Å². The predicted octanol–water partition coefficient (Wildman–Crippen LogP) is 13.3. The number of aromatic nitrogens is 4. The number of hydrogen-bond donors (Lipinski definition) is 0. The third-order valence-corrected chi connectivity index (χ3v) is 12.5. The standard InChI is InChI=1S/C31H20N3O.C22H32NSi.Ir/c1-20-17-18-25-24-13-8-14-26(29(24)35-31(25)32-20)30-33-27-15-5-6-16-28(27)34(30)23-12-7-11-22(19-23)21-9-3-2-4-10-21;1-16(2)12-18-14-20(23-15-21(18)24(6,7)8)17-10-9-11-19(13-17)22(3,4)5;/h2-13,15-19H,1H3;9,11,13-16H,12H2,1-8H3;/q2*-1;/i;12D2;. The molecule has 60 heavy (non-hydrogen) atoms. The molecular weight excluding hydrogens is 929 g/mol. The molecule has 0 bridgehead atoms. The minimum Gasteiger partial charge on any atom is -0.486 e. The van der Waals surface area contributed by atoms with Gasteiger partial charge in [-0.15, -0.1) is 53.6 Å². The fourth-order valence-corrected chi connectivity index (χ4v) is 8.91. The number of aryl methyl sites for hydroxylation is 1. The normalized spacial score (nSPS) is 12.6. The van der Waals surface area contributed by atoms with Gasteiger partial charge in [-0.25, -0.2) is 4.98 Å². The van der Waals surface area contributed by atoms with Gasteiger partial charge in [0.25, 0.3) is 0 Å². The van der Waals surface area contributed by atoms with Crippen LogP contribution in [0.4, 0.5) is 0 Å². The van der Waals surface area contributed by atoms with Gasteiger partial charge < -0.3 is 14.0 Å². The number of pyridine rings is 2. The van der Waals surface area contributed by atoms with Crippen LogP contribution in [0.3, 0.4) is 0 Å². The van der Waals surface area contributed by atoms with Crippen LogP contribution in [0.2, 0.25) is 19.6 Å². The van der Waals surface area contributed by atoms with Crippen LogP contribution in [0.5, 0.6) is 0 Å². The van der Waals surface area contributed by atoms with Crippen LogP contribution >= 0.6 is 0 Å². The molecule has 305 valence electrons. The molecule has 0 fully saturated rings. The molecule has 0 aliphatic carbocycles. The molecule has 1 radical (unpaired) electrons.